The van der Waals surface area contributed by atoms with Crippen LogP contribution in [0.15, 0.2) is 0 Å². The third-order valence-corrected chi connectivity index (χ3v) is 3.85. The molecule has 0 amide bonds. The normalized spacial score (nSPS) is 16.1. The molecule has 0 unspecified atom stereocenters. The summed E-state index contributed by atoms with van der Waals surface area (Å²) in [7, 11) is 8.65. The van der Waals surface area contributed by atoms with Crippen molar-refractivity contribution in [3.05, 3.63) is 37.5 Å². The second-order valence-electron chi connectivity index (χ2n) is 4.59. The third-order valence-electron chi connectivity index (χ3n) is 2.45. The summed E-state index contributed by atoms with van der Waals surface area (Å²) in [6, 6.07) is 0. The second-order valence-corrected chi connectivity index (χ2v) is 8.45. The molecule has 0 aliphatic heterocycles. The Hall–Kier alpha value is 1.51. The summed E-state index contributed by atoms with van der Waals surface area (Å²) in [5.74, 6) is 3.41. The third kappa shape index (κ3) is 18.1. The molecule has 0 atom stereocenters. The summed E-state index contributed by atoms with van der Waals surface area (Å²) < 4.78 is 15.4. The predicted molar refractivity (Wildman–Crippen MR) is 97.7 cm³/mol. The van der Waals surface area contributed by atoms with Crippen LogP contribution in [0.2, 0.25) is 0 Å². The van der Waals surface area contributed by atoms with Crippen molar-refractivity contribution >= 4 is 28.0 Å². The van der Waals surface area contributed by atoms with Crippen molar-refractivity contribution in [1.29, 1.82) is 0 Å². The molecule has 1 rings (SSSR count). The van der Waals surface area contributed by atoms with Gasteiger partial charge >= 0.3 is 43.1 Å². The van der Waals surface area contributed by atoms with Crippen molar-refractivity contribution in [3.63, 3.8) is 0 Å². The maximum absolute atomic E-state index is 5.14. The minimum atomic E-state index is -1.06. The molecule has 0 N–H and O–H groups in total. The standard InChI is InChI=1S/C10H14.C6H15O3P.2ClH.Ru/c1-8(2)10-6-4-9(3)5-7-10;1-4-7-10(8-5-2)9-6-3;;;/h4-8H,1-3H3;4-6H2,1-3H3;2*1H;/q;;;;+2/p-2. The summed E-state index contributed by atoms with van der Waals surface area (Å²) in [6.45, 7) is 14.2. The van der Waals surface area contributed by atoms with Crippen LogP contribution in [0.3, 0.4) is 0 Å². The number of hydrogen-bond donors (Lipinski definition) is 0. The zero-order valence-corrected chi connectivity index (χ0v) is 18.9. The molecule has 0 heterocycles. The number of rotatable bonds is 7. The molecule has 0 spiro atoms. The summed E-state index contributed by atoms with van der Waals surface area (Å²) in [6.07, 6.45) is 8.71. The van der Waals surface area contributed by atoms with E-state index in [2.05, 4.69) is 46.5 Å². The van der Waals surface area contributed by atoms with Crippen molar-refractivity contribution in [2.45, 2.75) is 41.5 Å². The Labute approximate surface area is 161 Å². The van der Waals surface area contributed by atoms with Crippen LogP contribution in [-0.2, 0) is 28.7 Å². The van der Waals surface area contributed by atoms with Gasteiger partial charge in [0.15, 0.2) is 0 Å². The molecule has 1 aliphatic rings. The van der Waals surface area contributed by atoms with Gasteiger partial charge in [-0.2, -0.15) is 0 Å². The molecule has 0 saturated heterocycles. The van der Waals surface area contributed by atoms with Gasteiger partial charge in [0.1, 0.15) is 0 Å². The van der Waals surface area contributed by atoms with Crippen LogP contribution in [0.5, 0.6) is 0 Å². The minimum absolute atomic E-state index is 0.346. The van der Waals surface area contributed by atoms with Gasteiger partial charge in [-0.05, 0) is 64.2 Å². The molecule has 1 aliphatic carbocycles. The van der Waals surface area contributed by atoms with Crippen LogP contribution in [0.4, 0.5) is 0 Å². The molecular weight excluding hydrogens is 443 g/mol. The van der Waals surface area contributed by atoms with Crippen molar-refractivity contribution in [1.82, 2.24) is 0 Å². The van der Waals surface area contributed by atoms with Crippen LogP contribution in [0, 0.1) is 43.4 Å². The molecule has 0 aromatic carbocycles. The van der Waals surface area contributed by atoms with Gasteiger partial charge < -0.3 is 13.6 Å². The van der Waals surface area contributed by atoms with E-state index in [1.807, 2.05) is 20.8 Å². The molecule has 6 radical (unpaired) electrons. The molecule has 0 aromatic heterocycles. The van der Waals surface area contributed by atoms with E-state index in [1.54, 1.807) is 0 Å². The molecule has 1 fully saturated rings. The molecule has 0 bridgehead atoms. The van der Waals surface area contributed by atoms with E-state index in [0.717, 1.165) is 0 Å². The van der Waals surface area contributed by atoms with Gasteiger partial charge in [-0.15, -0.1) is 0 Å². The van der Waals surface area contributed by atoms with E-state index in [4.69, 9.17) is 33.0 Å². The Kier molecular flexibility index (Phi) is 23.1. The van der Waals surface area contributed by atoms with Gasteiger partial charge in [-0.3, -0.25) is 0 Å². The van der Waals surface area contributed by atoms with E-state index < -0.39 is 8.60 Å². The second kappa shape index (κ2) is 19.8. The summed E-state index contributed by atoms with van der Waals surface area (Å²) in [5.41, 5.74) is 0. The fraction of sp³-hybridized carbons (Fsp3) is 0.625. The zero-order valence-electron chi connectivity index (χ0n) is 14.8. The van der Waals surface area contributed by atoms with Gasteiger partial charge in [-0.25, -0.2) is 0 Å². The average molecular weight is 472 g/mol. The fourth-order valence-electron chi connectivity index (χ4n) is 1.38. The Morgan fingerprint density at radius 2 is 1.26 bits per heavy atom. The van der Waals surface area contributed by atoms with Crippen LogP contribution >= 0.6 is 28.0 Å². The summed E-state index contributed by atoms with van der Waals surface area (Å²) >= 11 is -0.346. The summed E-state index contributed by atoms with van der Waals surface area (Å²) in [4.78, 5) is 0. The maximum atomic E-state index is 5.14. The van der Waals surface area contributed by atoms with Gasteiger partial charge in [0.25, 0.3) is 0 Å². The van der Waals surface area contributed by atoms with Crippen LogP contribution in [0.1, 0.15) is 41.5 Å². The topological polar surface area (TPSA) is 27.7 Å². The molecule has 7 heteroatoms. The quantitative estimate of drug-likeness (QED) is 0.320. The number of hydrogen-bond acceptors (Lipinski definition) is 3. The van der Waals surface area contributed by atoms with E-state index in [-0.39, 0.29) is 15.1 Å². The monoisotopic (exact) mass is 472 g/mol. The molecule has 138 valence electrons. The van der Waals surface area contributed by atoms with Gasteiger partial charge in [-0.1, -0.05) is 20.8 Å². The molecule has 3 nitrogen and oxygen atoms in total. The molecule has 1 saturated carbocycles. The first-order valence-corrected chi connectivity index (χ1v) is 13.1. The molecular formula is C16H29Cl2O3PRu. The first kappa shape index (κ1) is 26.7. The number of halogens is 2. The van der Waals surface area contributed by atoms with Gasteiger partial charge in [0, 0.05) is 0 Å². The van der Waals surface area contributed by atoms with Crippen molar-refractivity contribution in [2.24, 2.45) is 5.92 Å². The van der Waals surface area contributed by atoms with Crippen molar-refractivity contribution in [3.8, 4) is 0 Å². The Balaban J connectivity index is 0. The Morgan fingerprint density at radius 1 is 0.913 bits per heavy atom. The Morgan fingerprint density at radius 3 is 1.52 bits per heavy atom. The van der Waals surface area contributed by atoms with Crippen LogP contribution in [0.25, 0.3) is 0 Å². The van der Waals surface area contributed by atoms with E-state index in [1.165, 1.54) is 11.8 Å². The zero-order chi connectivity index (χ0) is 18.1. The van der Waals surface area contributed by atoms with Crippen LogP contribution < -0.4 is 0 Å². The van der Waals surface area contributed by atoms with Gasteiger partial charge in [0.05, 0.1) is 19.8 Å². The first-order valence-electron chi connectivity index (χ1n) is 7.57. The van der Waals surface area contributed by atoms with Crippen LogP contribution in [-0.4, -0.2) is 19.8 Å². The predicted octanol–water partition coefficient (Wildman–Crippen LogP) is 6.34. The summed E-state index contributed by atoms with van der Waals surface area (Å²) in [5, 5.41) is 0. The molecule has 23 heavy (non-hydrogen) atoms. The SMILES string of the molecule is CCOP(OCC)OCC.C[C]1[CH][CH][C](C(C)C)[CH][CH]1.[Cl][Ru][Cl]. The average Bonchev–Trinajstić information content (AvgIpc) is 2.50. The van der Waals surface area contributed by atoms with E-state index in [0.29, 0.717) is 25.7 Å². The van der Waals surface area contributed by atoms with E-state index >= 15 is 0 Å². The first-order chi connectivity index (χ1) is 11.0. The van der Waals surface area contributed by atoms with E-state index in [9.17, 15) is 0 Å². The Bertz CT molecular complexity index is 217. The fourth-order valence-corrected chi connectivity index (χ4v) is 2.24. The van der Waals surface area contributed by atoms with Crippen molar-refractivity contribution < 1.29 is 28.7 Å². The van der Waals surface area contributed by atoms with Gasteiger partial charge in [0.2, 0.25) is 0 Å². The molecule has 0 aromatic rings. The van der Waals surface area contributed by atoms with Crippen molar-refractivity contribution in [2.75, 3.05) is 19.8 Å².